The molecule has 2 N–H and O–H groups in total. The Balaban J connectivity index is 2.03. The number of ether oxygens (including phenoxy) is 1. The molecule has 2 aliphatic rings. The Bertz CT molecular complexity index is 378. The molecular weight excluding hydrogens is 190 g/mol. The Labute approximate surface area is 89.1 Å². The summed E-state index contributed by atoms with van der Waals surface area (Å²) in [7, 11) is 0. The van der Waals surface area contributed by atoms with Crippen molar-refractivity contribution in [3.05, 3.63) is 29.3 Å². The third-order valence-electron chi connectivity index (χ3n) is 3.37. The summed E-state index contributed by atoms with van der Waals surface area (Å²) in [5.74, 6) is 0.417. The van der Waals surface area contributed by atoms with Gasteiger partial charge in [-0.25, -0.2) is 0 Å². The lowest BCUT2D eigenvalue weighted by molar-refractivity contribution is -0.0129. The number of rotatable bonds is 0. The lowest BCUT2D eigenvalue weighted by Gasteiger charge is -2.37. The van der Waals surface area contributed by atoms with Crippen LogP contribution in [0.1, 0.15) is 23.7 Å². The highest BCUT2D eigenvalue weighted by Crippen LogP contribution is 2.37. The van der Waals surface area contributed by atoms with E-state index in [0.717, 1.165) is 31.6 Å². The SMILES string of the molecule is Oc1cccc2c1CCC1NCCOC21. The molecule has 0 saturated carbocycles. The maximum atomic E-state index is 9.77. The van der Waals surface area contributed by atoms with Crippen molar-refractivity contribution in [3.8, 4) is 5.75 Å². The van der Waals surface area contributed by atoms with Gasteiger partial charge in [-0.1, -0.05) is 12.1 Å². The van der Waals surface area contributed by atoms with E-state index in [1.54, 1.807) is 6.07 Å². The second-order valence-electron chi connectivity index (χ2n) is 4.24. The molecule has 0 spiro atoms. The molecule has 0 bridgehead atoms. The van der Waals surface area contributed by atoms with Crippen LogP contribution in [0, 0.1) is 0 Å². The average molecular weight is 205 g/mol. The molecule has 0 aromatic heterocycles. The standard InChI is InChI=1S/C12H15NO2/c14-11-3-1-2-9-8(11)4-5-10-12(9)15-7-6-13-10/h1-3,10,12-14H,4-7H2. The highest BCUT2D eigenvalue weighted by molar-refractivity contribution is 5.43. The van der Waals surface area contributed by atoms with Gasteiger partial charge in [-0.2, -0.15) is 0 Å². The predicted molar refractivity (Wildman–Crippen MR) is 56.9 cm³/mol. The van der Waals surface area contributed by atoms with E-state index >= 15 is 0 Å². The highest BCUT2D eigenvalue weighted by Gasteiger charge is 2.33. The number of fused-ring (bicyclic) bond motifs is 3. The highest BCUT2D eigenvalue weighted by atomic mass is 16.5. The number of nitrogens with one attached hydrogen (secondary N) is 1. The van der Waals surface area contributed by atoms with Gasteiger partial charge in [0.2, 0.25) is 0 Å². The lowest BCUT2D eigenvalue weighted by atomic mass is 9.84. The van der Waals surface area contributed by atoms with Crippen molar-refractivity contribution in [2.45, 2.75) is 25.0 Å². The van der Waals surface area contributed by atoms with Gasteiger partial charge >= 0.3 is 0 Å². The van der Waals surface area contributed by atoms with Crippen molar-refractivity contribution in [2.24, 2.45) is 0 Å². The zero-order valence-electron chi connectivity index (χ0n) is 8.57. The molecule has 3 heteroatoms. The largest absolute Gasteiger partial charge is 0.508 e. The van der Waals surface area contributed by atoms with Crippen molar-refractivity contribution in [1.82, 2.24) is 5.32 Å². The number of hydrogen-bond donors (Lipinski definition) is 2. The number of benzene rings is 1. The molecule has 3 rings (SSSR count). The second-order valence-corrected chi connectivity index (χ2v) is 4.24. The van der Waals surface area contributed by atoms with Crippen LogP contribution in [0.4, 0.5) is 0 Å². The minimum atomic E-state index is 0.134. The number of hydrogen-bond acceptors (Lipinski definition) is 3. The molecule has 0 amide bonds. The third-order valence-corrected chi connectivity index (χ3v) is 3.37. The number of morpholine rings is 1. The maximum absolute atomic E-state index is 9.77. The fourth-order valence-corrected chi connectivity index (χ4v) is 2.64. The third kappa shape index (κ3) is 1.43. The summed E-state index contributed by atoms with van der Waals surface area (Å²) in [6.07, 6.45) is 2.13. The lowest BCUT2D eigenvalue weighted by Crippen LogP contribution is -2.45. The first-order valence-corrected chi connectivity index (χ1v) is 5.52. The van der Waals surface area contributed by atoms with E-state index in [1.807, 2.05) is 6.07 Å². The van der Waals surface area contributed by atoms with Crippen LogP contribution in [0.25, 0.3) is 0 Å². The smallest absolute Gasteiger partial charge is 0.119 e. The topological polar surface area (TPSA) is 41.5 Å². The van der Waals surface area contributed by atoms with E-state index in [4.69, 9.17) is 4.74 Å². The maximum Gasteiger partial charge on any atom is 0.119 e. The first kappa shape index (κ1) is 9.19. The summed E-state index contributed by atoms with van der Waals surface area (Å²) < 4.78 is 5.79. The van der Waals surface area contributed by atoms with Crippen molar-refractivity contribution in [3.63, 3.8) is 0 Å². The molecule has 1 aliphatic heterocycles. The Morgan fingerprint density at radius 1 is 1.40 bits per heavy atom. The molecule has 2 unspecified atom stereocenters. The molecule has 1 saturated heterocycles. The molecule has 3 nitrogen and oxygen atoms in total. The minimum absolute atomic E-state index is 0.134. The van der Waals surface area contributed by atoms with Gasteiger partial charge in [0.15, 0.2) is 0 Å². The summed E-state index contributed by atoms with van der Waals surface area (Å²) in [5, 5.41) is 13.2. The summed E-state index contributed by atoms with van der Waals surface area (Å²) in [4.78, 5) is 0. The molecule has 1 aromatic rings. The fraction of sp³-hybridized carbons (Fsp3) is 0.500. The van der Waals surface area contributed by atoms with Gasteiger partial charge in [0.1, 0.15) is 5.75 Å². The molecule has 15 heavy (non-hydrogen) atoms. The van der Waals surface area contributed by atoms with Crippen LogP contribution in [-0.4, -0.2) is 24.3 Å². The van der Waals surface area contributed by atoms with Crippen LogP contribution >= 0.6 is 0 Å². The Kier molecular flexibility index (Phi) is 2.15. The Morgan fingerprint density at radius 2 is 2.33 bits per heavy atom. The van der Waals surface area contributed by atoms with Crippen LogP contribution < -0.4 is 5.32 Å². The molecular formula is C12H15NO2. The number of phenols is 1. The molecule has 2 atom stereocenters. The molecule has 80 valence electrons. The van der Waals surface area contributed by atoms with E-state index < -0.39 is 0 Å². The zero-order valence-corrected chi connectivity index (χ0v) is 8.57. The van der Waals surface area contributed by atoms with Crippen molar-refractivity contribution < 1.29 is 9.84 Å². The molecule has 0 radical (unpaired) electrons. The Morgan fingerprint density at radius 3 is 3.27 bits per heavy atom. The minimum Gasteiger partial charge on any atom is -0.508 e. The average Bonchev–Trinajstić information content (AvgIpc) is 2.29. The molecule has 1 aromatic carbocycles. The normalized spacial score (nSPS) is 29.3. The molecule has 1 fully saturated rings. The van der Waals surface area contributed by atoms with Crippen LogP contribution in [-0.2, 0) is 11.2 Å². The monoisotopic (exact) mass is 205 g/mol. The van der Waals surface area contributed by atoms with Gasteiger partial charge in [-0.3, -0.25) is 0 Å². The summed E-state index contributed by atoms with van der Waals surface area (Å²) in [6.45, 7) is 1.70. The van der Waals surface area contributed by atoms with E-state index in [2.05, 4.69) is 11.4 Å². The second kappa shape index (κ2) is 3.51. The van der Waals surface area contributed by atoms with E-state index in [1.165, 1.54) is 5.56 Å². The zero-order chi connectivity index (χ0) is 10.3. The molecule has 1 heterocycles. The number of aromatic hydroxyl groups is 1. The van der Waals surface area contributed by atoms with Gasteiger partial charge in [0.25, 0.3) is 0 Å². The predicted octanol–water partition coefficient (Wildman–Crippen LogP) is 1.37. The van der Waals surface area contributed by atoms with Crippen LogP contribution in [0.2, 0.25) is 0 Å². The molecule has 1 aliphatic carbocycles. The van der Waals surface area contributed by atoms with Crippen molar-refractivity contribution >= 4 is 0 Å². The first-order chi connectivity index (χ1) is 7.36. The van der Waals surface area contributed by atoms with Crippen LogP contribution in [0.15, 0.2) is 18.2 Å². The van der Waals surface area contributed by atoms with E-state index in [0.29, 0.717) is 11.8 Å². The van der Waals surface area contributed by atoms with E-state index in [-0.39, 0.29) is 6.10 Å². The van der Waals surface area contributed by atoms with Gasteiger partial charge in [-0.05, 0) is 30.0 Å². The van der Waals surface area contributed by atoms with Crippen LogP contribution in [0.5, 0.6) is 5.75 Å². The Hall–Kier alpha value is -1.06. The van der Waals surface area contributed by atoms with Gasteiger partial charge in [0, 0.05) is 12.6 Å². The summed E-state index contributed by atoms with van der Waals surface area (Å²) in [6, 6.07) is 6.15. The van der Waals surface area contributed by atoms with Crippen LogP contribution in [0.3, 0.4) is 0 Å². The number of phenolic OH excluding ortho intramolecular Hbond substituents is 1. The van der Waals surface area contributed by atoms with E-state index in [9.17, 15) is 5.11 Å². The van der Waals surface area contributed by atoms with Crippen molar-refractivity contribution in [1.29, 1.82) is 0 Å². The summed E-state index contributed by atoms with van der Waals surface area (Å²) >= 11 is 0. The quantitative estimate of drug-likeness (QED) is 0.672. The van der Waals surface area contributed by atoms with Gasteiger partial charge < -0.3 is 15.2 Å². The first-order valence-electron chi connectivity index (χ1n) is 5.52. The van der Waals surface area contributed by atoms with Gasteiger partial charge in [0.05, 0.1) is 12.7 Å². The fourth-order valence-electron chi connectivity index (χ4n) is 2.64. The van der Waals surface area contributed by atoms with Gasteiger partial charge in [-0.15, -0.1) is 0 Å². The van der Waals surface area contributed by atoms with Crippen molar-refractivity contribution in [2.75, 3.05) is 13.2 Å². The summed E-state index contributed by atoms with van der Waals surface area (Å²) in [5.41, 5.74) is 2.24.